The fourth-order valence-electron chi connectivity index (χ4n) is 0.546. The standard InChI is InChI=1S/C9H14/c1-5-7-9(4)8(3)6-2/h5,7H,3-4,6H2,1-2H3/b7-5-. The molecule has 0 aliphatic heterocycles. The SMILES string of the molecule is C=C(/C=C\C)C(=C)CC. The molecule has 0 heteroatoms. The third-order valence-electron chi connectivity index (χ3n) is 1.25. The van der Waals surface area contributed by atoms with Crippen molar-refractivity contribution in [3.8, 4) is 0 Å². The van der Waals surface area contributed by atoms with Crippen LogP contribution in [0.15, 0.2) is 36.5 Å². The summed E-state index contributed by atoms with van der Waals surface area (Å²) in [5.41, 5.74) is 2.16. The van der Waals surface area contributed by atoms with Crippen LogP contribution in [0, 0.1) is 0 Å². The second kappa shape index (κ2) is 4.13. The van der Waals surface area contributed by atoms with Crippen LogP contribution in [0.2, 0.25) is 0 Å². The van der Waals surface area contributed by atoms with Crippen LogP contribution in [-0.2, 0) is 0 Å². The Bertz CT molecular complexity index is 138. The molecule has 50 valence electrons. The molecular formula is C9H14. The number of rotatable bonds is 3. The average Bonchev–Trinajstić information content (AvgIpc) is 1.87. The molecule has 0 N–H and O–H groups in total. The molecule has 0 aromatic carbocycles. The Morgan fingerprint density at radius 3 is 2.33 bits per heavy atom. The molecule has 0 unspecified atom stereocenters. The van der Waals surface area contributed by atoms with Crippen LogP contribution in [0.25, 0.3) is 0 Å². The Balaban J connectivity index is 3.89. The molecule has 0 amide bonds. The Hall–Kier alpha value is -0.780. The molecular weight excluding hydrogens is 108 g/mol. The highest BCUT2D eigenvalue weighted by Crippen LogP contribution is 2.09. The molecule has 0 aliphatic carbocycles. The van der Waals surface area contributed by atoms with Crippen molar-refractivity contribution < 1.29 is 0 Å². The van der Waals surface area contributed by atoms with Gasteiger partial charge in [-0.3, -0.25) is 0 Å². The Morgan fingerprint density at radius 1 is 1.44 bits per heavy atom. The summed E-state index contributed by atoms with van der Waals surface area (Å²) in [6.07, 6.45) is 4.94. The molecule has 0 rings (SSSR count). The van der Waals surface area contributed by atoms with Crippen molar-refractivity contribution in [3.63, 3.8) is 0 Å². The van der Waals surface area contributed by atoms with Crippen molar-refractivity contribution in [2.24, 2.45) is 0 Å². The van der Waals surface area contributed by atoms with Crippen LogP contribution in [0.1, 0.15) is 20.3 Å². The molecule has 0 saturated carbocycles. The highest BCUT2D eigenvalue weighted by atomic mass is 13.9. The molecule has 0 fully saturated rings. The Morgan fingerprint density at radius 2 is 2.00 bits per heavy atom. The normalized spacial score (nSPS) is 10.0. The summed E-state index contributed by atoms with van der Waals surface area (Å²) < 4.78 is 0. The highest BCUT2D eigenvalue weighted by molar-refractivity contribution is 5.34. The van der Waals surface area contributed by atoms with E-state index in [0.717, 1.165) is 17.6 Å². The summed E-state index contributed by atoms with van der Waals surface area (Å²) in [4.78, 5) is 0. The van der Waals surface area contributed by atoms with Gasteiger partial charge in [0.25, 0.3) is 0 Å². The molecule has 9 heavy (non-hydrogen) atoms. The Labute approximate surface area is 57.6 Å². The first-order valence-electron chi connectivity index (χ1n) is 3.22. The van der Waals surface area contributed by atoms with Gasteiger partial charge in [-0.2, -0.15) is 0 Å². The molecule has 0 atom stereocenters. The minimum atomic E-state index is 0.989. The predicted molar refractivity (Wildman–Crippen MR) is 43.4 cm³/mol. The van der Waals surface area contributed by atoms with Gasteiger partial charge in [-0.25, -0.2) is 0 Å². The van der Waals surface area contributed by atoms with E-state index in [-0.39, 0.29) is 0 Å². The molecule has 0 spiro atoms. The lowest BCUT2D eigenvalue weighted by molar-refractivity contribution is 1.14. The van der Waals surface area contributed by atoms with Crippen LogP contribution < -0.4 is 0 Å². The third kappa shape index (κ3) is 2.91. The zero-order valence-electron chi connectivity index (χ0n) is 6.28. The van der Waals surface area contributed by atoms with Gasteiger partial charge in [0.1, 0.15) is 0 Å². The maximum absolute atomic E-state index is 3.84. The van der Waals surface area contributed by atoms with Crippen LogP contribution in [0.4, 0.5) is 0 Å². The first kappa shape index (κ1) is 8.22. The maximum Gasteiger partial charge on any atom is -0.0306 e. The molecule has 0 saturated heterocycles. The van der Waals surface area contributed by atoms with Gasteiger partial charge >= 0.3 is 0 Å². The lowest BCUT2D eigenvalue weighted by Crippen LogP contribution is -1.78. The van der Waals surface area contributed by atoms with E-state index in [2.05, 4.69) is 20.1 Å². The molecule has 0 radical (unpaired) electrons. The minimum absolute atomic E-state index is 0.989. The molecule has 0 aliphatic rings. The minimum Gasteiger partial charge on any atom is -0.0953 e. The molecule has 0 aromatic heterocycles. The van der Waals surface area contributed by atoms with Gasteiger partial charge in [0.2, 0.25) is 0 Å². The molecule has 0 aromatic rings. The van der Waals surface area contributed by atoms with Gasteiger partial charge in [-0.05, 0) is 24.5 Å². The summed E-state index contributed by atoms with van der Waals surface area (Å²) in [5, 5.41) is 0. The van der Waals surface area contributed by atoms with Gasteiger partial charge in [-0.15, -0.1) is 0 Å². The van der Waals surface area contributed by atoms with Crippen molar-refractivity contribution in [2.75, 3.05) is 0 Å². The second-order valence-corrected chi connectivity index (χ2v) is 1.98. The van der Waals surface area contributed by atoms with E-state index in [1.54, 1.807) is 0 Å². The second-order valence-electron chi connectivity index (χ2n) is 1.98. The third-order valence-corrected chi connectivity index (χ3v) is 1.25. The van der Waals surface area contributed by atoms with Gasteiger partial charge in [0.05, 0.1) is 0 Å². The number of hydrogen-bond acceptors (Lipinski definition) is 0. The van der Waals surface area contributed by atoms with Crippen molar-refractivity contribution in [3.05, 3.63) is 36.5 Å². The van der Waals surface area contributed by atoms with Crippen molar-refractivity contribution >= 4 is 0 Å². The van der Waals surface area contributed by atoms with Gasteiger partial charge < -0.3 is 0 Å². The zero-order chi connectivity index (χ0) is 7.28. The smallest absolute Gasteiger partial charge is 0.0306 e. The van der Waals surface area contributed by atoms with Crippen LogP contribution >= 0.6 is 0 Å². The van der Waals surface area contributed by atoms with Gasteiger partial charge in [0.15, 0.2) is 0 Å². The van der Waals surface area contributed by atoms with E-state index in [0.29, 0.717) is 0 Å². The van der Waals surface area contributed by atoms with E-state index >= 15 is 0 Å². The summed E-state index contributed by atoms with van der Waals surface area (Å²) in [7, 11) is 0. The highest BCUT2D eigenvalue weighted by Gasteiger charge is 1.89. The first-order chi connectivity index (χ1) is 4.22. The quantitative estimate of drug-likeness (QED) is 0.504. The molecule has 0 bridgehead atoms. The van der Waals surface area contributed by atoms with E-state index < -0.39 is 0 Å². The van der Waals surface area contributed by atoms with Crippen molar-refractivity contribution in [1.82, 2.24) is 0 Å². The van der Waals surface area contributed by atoms with Gasteiger partial charge in [0, 0.05) is 0 Å². The fraction of sp³-hybridized carbons (Fsp3) is 0.333. The first-order valence-corrected chi connectivity index (χ1v) is 3.22. The molecule has 0 heterocycles. The Kier molecular flexibility index (Phi) is 3.78. The predicted octanol–water partition coefficient (Wildman–Crippen LogP) is 3.08. The fourth-order valence-corrected chi connectivity index (χ4v) is 0.546. The monoisotopic (exact) mass is 122 g/mol. The topological polar surface area (TPSA) is 0 Å². The summed E-state index contributed by atoms with van der Waals surface area (Å²) in [5.74, 6) is 0. The largest absolute Gasteiger partial charge is 0.0953 e. The van der Waals surface area contributed by atoms with E-state index in [9.17, 15) is 0 Å². The van der Waals surface area contributed by atoms with E-state index in [1.165, 1.54) is 0 Å². The lowest BCUT2D eigenvalue weighted by atomic mass is 10.1. The zero-order valence-corrected chi connectivity index (χ0v) is 6.28. The van der Waals surface area contributed by atoms with E-state index in [4.69, 9.17) is 0 Å². The van der Waals surface area contributed by atoms with Gasteiger partial charge in [-0.1, -0.05) is 32.2 Å². The number of hydrogen-bond donors (Lipinski definition) is 0. The maximum atomic E-state index is 3.84. The van der Waals surface area contributed by atoms with Crippen LogP contribution in [0.5, 0.6) is 0 Å². The van der Waals surface area contributed by atoms with Crippen LogP contribution in [-0.4, -0.2) is 0 Å². The van der Waals surface area contributed by atoms with Crippen LogP contribution in [0.3, 0.4) is 0 Å². The summed E-state index contributed by atoms with van der Waals surface area (Å²) >= 11 is 0. The van der Waals surface area contributed by atoms with Crippen molar-refractivity contribution in [1.29, 1.82) is 0 Å². The average molecular weight is 122 g/mol. The van der Waals surface area contributed by atoms with Crippen molar-refractivity contribution in [2.45, 2.75) is 20.3 Å². The lowest BCUT2D eigenvalue weighted by Gasteiger charge is -1.98. The van der Waals surface area contributed by atoms with E-state index in [1.807, 2.05) is 19.1 Å². The summed E-state index contributed by atoms with van der Waals surface area (Å²) in [6.45, 7) is 11.7. The number of allylic oxidation sites excluding steroid dienone is 4. The molecule has 0 nitrogen and oxygen atoms in total. The summed E-state index contributed by atoms with van der Waals surface area (Å²) in [6, 6.07) is 0.